The fourth-order valence-electron chi connectivity index (χ4n) is 16.8. The van der Waals surface area contributed by atoms with Crippen LogP contribution < -0.4 is 9.47 Å². The molecule has 18 nitrogen and oxygen atoms in total. The number of hydrogen-bond donors (Lipinski definition) is 8. The van der Waals surface area contributed by atoms with Crippen LogP contribution in [0.1, 0.15) is 114 Å². The summed E-state index contributed by atoms with van der Waals surface area (Å²) in [5.74, 6) is 1.36. The molecular formula is C116H116Ir4N8O10-4. The van der Waals surface area contributed by atoms with Crippen molar-refractivity contribution in [2.75, 3.05) is 14.2 Å². The molecule has 20 aromatic rings. The molecule has 720 valence electrons. The SMILES string of the molecule is CC(O)CC(C)O.CC(O)CC(C)O.CC(O)CC(C)O.CC(O)CC(C)O.COc1cc2c3ccc[c-]c3c3ncc(-c4ccccc4)nc3c2cc1OC.Cc1[c-]c2c(cc1)c1ccc(C)cc1c1nc(-c3ccccc3)cnc21.Cc1cc[c-]c2c3ncc(-c4ccccc4)nc3c3cccc(C)c3c12.Cc1ccc2c(c1)c1nc(-c3ccccc3)cnc1c1[c-]ccc(C)c12.[Ir].[Ir].[Ir].[Ir]. The minimum absolute atomic E-state index is 0. The van der Waals surface area contributed by atoms with E-state index in [9.17, 15) is 0 Å². The summed E-state index contributed by atoms with van der Waals surface area (Å²) in [5.41, 5.74) is 22.3. The Labute approximate surface area is 861 Å². The second-order valence-electron chi connectivity index (χ2n) is 34.6. The van der Waals surface area contributed by atoms with Gasteiger partial charge in [0.15, 0.2) is 11.5 Å². The van der Waals surface area contributed by atoms with Gasteiger partial charge in [-0.15, -0.1) is 117 Å². The number of aliphatic hydroxyl groups is 8. The van der Waals surface area contributed by atoms with Gasteiger partial charge in [0.2, 0.25) is 0 Å². The molecule has 0 aliphatic rings. The zero-order chi connectivity index (χ0) is 95.6. The van der Waals surface area contributed by atoms with Crippen molar-refractivity contribution in [3.63, 3.8) is 0 Å². The summed E-state index contributed by atoms with van der Waals surface area (Å²) in [6, 6.07) is 96.3. The molecule has 4 heterocycles. The van der Waals surface area contributed by atoms with Crippen LogP contribution in [0.2, 0.25) is 0 Å². The van der Waals surface area contributed by atoms with Gasteiger partial charge in [0.25, 0.3) is 0 Å². The first-order chi connectivity index (χ1) is 64.5. The fraction of sp³-hybridized carbons (Fsp3) is 0.241. The Kier molecular flexibility index (Phi) is 41.4. The van der Waals surface area contributed by atoms with E-state index < -0.39 is 0 Å². The number of fused-ring (bicyclic) bond motifs is 24. The van der Waals surface area contributed by atoms with Crippen LogP contribution in [0.25, 0.3) is 175 Å². The van der Waals surface area contributed by atoms with Gasteiger partial charge in [-0.05, 0) is 146 Å². The molecule has 4 aromatic heterocycles. The average Bonchev–Trinajstić information content (AvgIpc) is 0.754. The minimum atomic E-state index is -0.375. The van der Waals surface area contributed by atoms with E-state index in [1.54, 1.807) is 69.6 Å². The molecule has 0 saturated carbocycles. The first-order valence-electron chi connectivity index (χ1n) is 45.3. The Morgan fingerprint density at radius 3 is 0.964 bits per heavy atom. The molecule has 0 amide bonds. The van der Waals surface area contributed by atoms with Crippen molar-refractivity contribution in [1.29, 1.82) is 0 Å². The second-order valence-corrected chi connectivity index (χ2v) is 34.6. The van der Waals surface area contributed by atoms with E-state index >= 15 is 0 Å². The van der Waals surface area contributed by atoms with E-state index in [0.717, 1.165) is 149 Å². The van der Waals surface area contributed by atoms with Gasteiger partial charge in [-0.3, -0.25) is 19.9 Å². The average molecular weight is 2550 g/mol. The largest absolute Gasteiger partial charge is 0.493 e. The molecule has 138 heavy (non-hydrogen) atoms. The van der Waals surface area contributed by atoms with E-state index in [-0.39, 0.29) is 129 Å². The third kappa shape index (κ3) is 27.3. The van der Waals surface area contributed by atoms with E-state index in [0.29, 0.717) is 37.2 Å². The van der Waals surface area contributed by atoms with Crippen LogP contribution in [0.3, 0.4) is 0 Å². The van der Waals surface area contributed by atoms with E-state index in [1.165, 1.54) is 60.1 Å². The quantitative estimate of drug-likeness (QED) is 0.0371. The van der Waals surface area contributed by atoms with Crippen molar-refractivity contribution in [3.8, 4) is 56.5 Å². The Morgan fingerprint density at radius 1 is 0.261 bits per heavy atom. The molecule has 0 aliphatic carbocycles. The van der Waals surface area contributed by atoms with Gasteiger partial charge in [-0.25, -0.2) is 0 Å². The van der Waals surface area contributed by atoms with Gasteiger partial charge in [0, 0.05) is 150 Å². The maximum atomic E-state index is 8.56. The third-order valence-corrected chi connectivity index (χ3v) is 22.7. The maximum absolute atomic E-state index is 8.56. The number of aliphatic hydroxyl groups excluding tert-OH is 8. The number of rotatable bonds is 14. The number of hydrogen-bond acceptors (Lipinski definition) is 18. The molecule has 8 unspecified atom stereocenters. The smallest absolute Gasteiger partial charge is 0.161 e. The molecule has 0 saturated heterocycles. The molecule has 20 rings (SSSR count). The number of methoxy groups -OCH3 is 2. The van der Waals surface area contributed by atoms with Crippen molar-refractivity contribution in [1.82, 2.24) is 39.9 Å². The third-order valence-electron chi connectivity index (χ3n) is 22.7. The standard InChI is InChI=1S/C24H17N2O2.3C24H17N2.4C5H12O2.4Ir/c1-27-21-12-18-16-10-6-7-11-17(16)23-24(19(18)13-22(21)28-2)26-20(14-25-23)15-8-4-3-5-9-15;1-15-8-6-12-18-21(15)22-16(2)9-7-13-19(22)24-23(18)25-14-20(26-24)17-10-4-3-5-11-17;1-15-11-12-18-20(13-15)24-23(19-10-6-7-16(2)22(18)19)25-14-21(26-24)17-8-4-3-5-9-17;1-15-8-10-18-19-11-9-16(2)13-21(19)24-23(20(18)12-15)25-14-22(26-24)17-6-4-3-5-7-17;4*1-4(6)3-5(2)7;;;;/h3-10,12-14H,1-2H3;3-11,13-14H,1-2H3;3-9,11-14H,1-2H3;3-11,13-14H,1-2H3;4*4-7H,3H2,1-2H3;;;;/q4*-1;;;;;;;;. The predicted molar refractivity (Wildman–Crippen MR) is 549 cm³/mol. The van der Waals surface area contributed by atoms with Crippen molar-refractivity contribution in [3.05, 3.63) is 325 Å². The molecular weight excluding hydrogens is 2430 g/mol. The summed E-state index contributed by atoms with van der Waals surface area (Å²) in [6.07, 6.45) is 6.32. The normalized spacial score (nSPS) is 12.6. The summed E-state index contributed by atoms with van der Waals surface area (Å²) in [6.45, 7) is 26.0. The van der Waals surface area contributed by atoms with Crippen LogP contribution in [0.4, 0.5) is 0 Å². The Bertz CT molecular complexity index is 7200. The van der Waals surface area contributed by atoms with Gasteiger partial charge in [-0.1, -0.05) is 246 Å². The zero-order valence-electron chi connectivity index (χ0n) is 80.2. The zero-order valence-corrected chi connectivity index (χ0v) is 89.7. The van der Waals surface area contributed by atoms with Crippen LogP contribution in [0.5, 0.6) is 11.5 Å². The van der Waals surface area contributed by atoms with Crippen molar-refractivity contribution < 1.29 is 131 Å². The molecule has 8 N–H and O–H groups in total. The number of aryl methyl sites for hydroxylation is 6. The first kappa shape index (κ1) is 110. The predicted octanol–water partition coefficient (Wildman–Crippen LogP) is 24.0. The molecule has 22 heteroatoms. The van der Waals surface area contributed by atoms with Crippen LogP contribution in [0, 0.1) is 65.8 Å². The second kappa shape index (κ2) is 51.7. The Balaban J connectivity index is 0.000000187. The van der Waals surface area contributed by atoms with Crippen LogP contribution in [0.15, 0.2) is 267 Å². The molecule has 0 fully saturated rings. The fourth-order valence-corrected chi connectivity index (χ4v) is 16.8. The van der Waals surface area contributed by atoms with E-state index in [4.69, 9.17) is 90.2 Å². The first-order valence-corrected chi connectivity index (χ1v) is 45.3. The van der Waals surface area contributed by atoms with Crippen molar-refractivity contribution >= 4 is 130 Å². The van der Waals surface area contributed by atoms with E-state index in [2.05, 4.69) is 187 Å². The van der Waals surface area contributed by atoms with Gasteiger partial charge in [0.05, 0.1) is 108 Å². The minimum Gasteiger partial charge on any atom is -0.493 e. The van der Waals surface area contributed by atoms with Crippen LogP contribution in [-0.4, -0.2) is 144 Å². The van der Waals surface area contributed by atoms with Gasteiger partial charge in [-0.2, -0.15) is 0 Å². The van der Waals surface area contributed by atoms with E-state index in [1.807, 2.05) is 146 Å². The van der Waals surface area contributed by atoms with Crippen LogP contribution in [-0.2, 0) is 80.4 Å². The van der Waals surface area contributed by atoms with Crippen LogP contribution >= 0.6 is 0 Å². The molecule has 16 aromatic carbocycles. The molecule has 0 aliphatic heterocycles. The summed E-state index contributed by atoms with van der Waals surface area (Å²) in [7, 11) is 3.29. The maximum Gasteiger partial charge on any atom is 0.161 e. The number of aromatic nitrogens is 8. The molecule has 4 radical (unpaired) electrons. The summed E-state index contributed by atoms with van der Waals surface area (Å²) >= 11 is 0. The summed E-state index contributed by atoms with van der Waals surface area (Å²) in [4.78, 5) is 39.2. The monoisotopic (exact) mass is 2550 g/mol. The Hall–Kier alpha value is -11.2. The van der Waals surface area contributed by atoms with Gasteiger partial charge in [0.1, 0.15) is 0 Å². The number of benzene rings is 16. The number of ether oxygens (including phenoxy) is 2. The molecule has 0 spiro atoms. The van der Waals surface area contributed by atoms with Gasteiger partial charge >= 0.3 is 0 Å². The van der Waals surface area contributed by atoms with Crippen molar-refractivity contribution in [2.24, 2.45) is 0 Å². The molecule has 0 bridgehead atoms. The topological polar surface area (TPSA) is 283 Å². The summed E-state index contributed by atoms with van der Waals surface area (Å²) < 4.78 is 11.1. The van der Waals surface area contributed by atoms with Gasteiger partial charge < -0.3 is 70.3 Å². The van der Waals surface area contributed by atoms with Crippen molar-refractivity contribution in [2.45, 2.75) is 171 Å². The number of nitrogens with zero attached hydrogens (tertiary/aromatic N) is 8. The Morgan fingerprint density at radius 2 is 0.572 bits per heavy atom. The summed E-state index contributed by atoms with van der Waals surface area (Å²) in [5, 5.41) is 86.4. The molecule has 8 atom stereocenters.